The van der Waals surface area contributed by atoms with E-state index < -0.39 is 17.9 Å². The van der Waals surface area contributed by atoms with E-state index in [-0.39, 0.29) is 24.5 Å². The van der Waals surface area contributed by atoms with Crippen LogP contribution in [0.15, 0.2) is 18.2 Å². The van der Waals surface area contributed by atoms with E-state index >= 15 is 0 Å². The Bertz CT molecular complexity index is 419. The van der Waals surface area contributed by atoms with Crippen LogP contribution >= 0.6 is 0 Å². The predicted molar refractivity (Wildman–Crippen MR) is 63.9 cm³/mol. The second-order valence-corrected chi connectivity index (χ2v) is 4.35. The van der Waals surface area contributed by atoms with Gasteiger partial charge >= 0.3 is 5.97 Å². The number of carboxylic acid groups (broad SMARTS) is 1. The lowest BCUT2D eigenvalue weighted by molar-refractivity contribution is -0.138. The van der Waals surface area contributed by atoms with Gasteiger partial charge in [-0.25, -0.2) is 4.39 Å². The van der Waals surface area contributed by atoms with Crippen molar-refractivity contribution in [3.63, 3.8) is 0 Å². The molecule has 2 N–H and O–H groups in total. The van der Waals surface area contributed by atoms with Crippen LogP contribution in [0, 0.1) is 11.7 Å². The lowest BCUT2D eigenvalue weighted by atomic mass is 9.96. The third-order valence-corrected chi connectivity index (χ3v) is 2.71. The summed E-state index contributed by atoms with van der Waals surface area (Å²) >= 11 is 0. The fraction of sp³-hybridized carbons (Fsp3) is 0.462. The average Bonchev–Trinajstić information content (AvgIpc) is 2.27. The molecule has 0 aliphatic rings. The second kappa shape index (κ2) is 6.35. The number of rotatable bonds is 6. The van der Waals surface area contributed by atoms with Gasteiger partial charge in [0, 0.05) is 6.42 Å². The van der Waals surface area contributed by atoms with E-state index in [4.69, 9.17) is 9.84 Å². The fourth-order valence-corrected chi connectivity index (χ4v) is 1.79. The molecule has 2 unspecified atom stereocenters. The zero-order valence-electron chi connectivity index (χ0n) is 10.4. The van der Waals surface area contributed by atoms with Crippen molar-refractivity contribution in [1.82, 2.24) is 0 Å². The van der Waals surface area contributed by atoms with Gasteiger partial charge in [0.05, 0.1) is 13.2 Å². The largest absolute Gasteiger partial charge is 0.494 e. The Balaban J connectivity index is 2.69. The van der Waals surface area contributed by atoms with Crippen LogP contribution in [-0.2, 0) is 4.79 Å². The minimum Gasteiger partial charge on any atom is -0.494 e. The summed E-state index contributed by atoms with van der Waals surface area (Å²) in [5.41, 5.74) is 0.422. The Morgan fingerprint density at radius 1 is 1.50 bits per heavy atom. The summed E-state index contributed by atoms with van der Waals surface area (Å²) in [6.45, 7) is 1.73. The SMILES string of the molecule is COc1ccc(C(O)CC(C)CC(=O)O)cc1F. The standard InChI is InChI=1S/C13H17FO4/c1-8(6-13(16)17)5-11(15)9-3-4-12(18-2)10(14)7-9/h3-4,7-8,11,15H,5-6H2,1-2H3,(H,16,17). The highest BCUT2D eigenvalue weighted by Gasteiger charge is 2.16. The summed E-state index contributed by atoms with van der Waals surface area (Å²) < 4.78 is 18.2. The Morgan fingerprint density at radius 3 is 2.67 bits per heavy atom. The lowest BCUT2D eigenvalue weighted by Crippen LogP contribution is -2.09. The first-order chi connectivity index (χ1) is 8.43. The van der Waals surface area contributed by atoms with Crippen molar-refractivity contribution in [3.05, 3.63) is 29.6 Å². The summed E-state index contributed by atoms with van der Waals surface area (Å²) in [5, 5.41) is 18.5. The predicted octanol–water partition coefficient (Wildman–Crippen LogP) is 2.37. The molecule has 2 atom stereocenters. The number of ether oxygens (including phenoxy) is 1. The number of methoxy groups -OCH3 is 1. The molecule has 0 aromatic heterocycles. The molecule has 0 radical (unpaired) electrons. The third-order valence-electron chi connectivity index (χ3n) is 2.71. The molecule has 4 nitrogen and oxygen atoms in total. The molecule has 100 valence electrons. The first kappa shape index (κ1) is 14.4. The number of aliphatic hydroxyl groups excluding tert-OH is 1. The van der Waals surface area contributed by atoms with Gasteiger partial charge in [0.25, 0.3) is 0 Å². The number of benzene rings is 1. The normalized spacial score (nSPS) is 14.0. The maximum atomic E-state index is 13.4. The van der Waals surface area contributed by atoms with E-state index in [0.29, 0.717) is 5.56 Å². The van der Waals surface area contributed by atoms with Crippen LogP contribution < -0.4 is 4.74 Å². The first-order valence-electron chi connectivity index (χ1n) is 5.67. The number of aliphatic carboxylic acids is 1. The molecule has 0 fully saturated rings. The molecular weight excluding hydrogens is 239 g/mol. The van der Waals surface area contributed by atoms with E-state index in [9.17, 15) is 14.3 Å². The van der Waals surface area contributed by atoms with Crippen LogP contribution in [0.1, 0.15) is 31.4 Å². The van der Waals surface area contributed by atoms with Crippen molar-refractivity contribution in [2.75, 3.05) is 7.11 Å². The quantitative estimate of drug-likeness (QED) is 0.820. The van der Waals surface area contributed by atoms with Crippen molar-refractivity contribution in [2.45, 2.75) is 25.9 Å². The van der Waals surface area contributed by atoms with Gasteiger partial charge in [0.2, 0.25) is 0 Å². The lowest BCUT2D eigenvalue weighted by Gasteiger charge is -2.15. The Kier molecular flexibility index (Phi) is 5.09. The minimum absolute atomic E-state index is 0.0182. The molecule has 1 rings (SSSR count). The molecule has 1 aromatic carbocycles. The highest BCUT2D eigenvalue weighted by Crippen LogP contribution is 2.26. The van der Waals surface area contributed by atoms with Gasteiger partial charge in [0.15, 0.2) is 11.6 Å². The summed E-state index contributed by atoms with van der Waals surface area (Å²) in [6.07, 6.45) is -0.618. The van der Waals surface area contributed by atoms with Gasteiger partial charge in [-0.15, -0.1) is 0 Å². The van der Waals surface area contributed by atoms with Gasteiger partial charge in [0.1, 0.15) is 0 Å². The van der Waals surface area contributed by atoms with Crippen molar-refractivity contribution in [2.24, 2.45) is 5.92 Å². The molecule has 0 amide bonds. The number of hydrogen-bond acceptors (Lipinski definition) is 3. The number of aliphatic hydroxyl groups is 1. The molecule has 0 spiro atoms. The minimum atomic E-state index is -0.907. The van der Waals surface area contributed by atoms with E-state index in [0.717, 1.165) is 0 Å². The first-order valence-corrected chi connectivity index (χ1v) is 5.67. The number of halogens is 1. The fourth-order valence-electron chi connectivity index (χ4n) is 1.79. The number of carboxylic acids is 1. The Labute approximate surface area is 105 Å². The van der Waals surface area contributed by atoms with Crippen LogP contribution in [0.5, 0.6) is 5.75 Å². The zero-order chi connectivity index (χ0) is 13.7. The number of hydrogen-bond donors (Lipinski definition) is 2. The molecule has 1 aromatic rings. The van der Waals surface area contributed by atoms with Crippen molar-refractivity contribution in [1.29, 1.82) is 0 Å². The summed E-state index contributed by atoms with van der Waals surface area (Å²) in [6, 6.07) is 4.22. The molecule has 0 aliphatic carbocycles. The van der Waals surface area contributed by atoms with Gasteiger partial charge in [-0.1, -0.05) is 13.0 Å². The molecule has 5 heteroatoms. The third kappa shape index (κ3) is 4.00. The monoisotopic (exact) mass is 256 g/mol. The van der Waals surface area contributed by atoms with Crippen LogP contribution in [0.25, 0.3) is 0 Å². The summed E-state index contributed by atoms with van der Waals surface area (Å²) in [4.78, 5) is 10.5. The van der Waals surface area contributed by atoms with Gasteiger partial charge < -0.3 is 14.9 Å². The second-order valence-electron chi connectivity index (χ2n) is 4.35. The van der Waals surface area contributed by atoms with Crippen molar-refractivity contribution < 1.29 is 24.1 Å². The van der Waals surface area contributed by atoms with Crippen LogP contribution in [0.3, 0.4) is 0 Å². The number of carbonyl (C=O) groups is 1. The highest BCUT2D eigenvalue weighted by atomic mass is 19.1. The highest BCUT2D eigenvalue weighted by molar-refractivity contribution is 5.66. The van der Waals surface area contributed by atoms with E-state index in [1.165, 1.54) is 19.2 Å². The van der Waals surface area contributed by atoms with Crippen LogP contribution in [0.2, 0.25) is 0 Å². The molecule has 18 heavy (non-hydrogen) atoms. The van der Waals surface area contributed by atoms with E-state index in [1.807, 2.05) is 0 Å². The van der Waals surface area contributed by atoms with E-state index in [2.05, 4.69) is 0 Å². The summed E-state index contributed by atoms with van der Waals surface area (Å²) in [5.74, 6) is -1.51. The molecular formula is C13H17FO4. The zero-order valence-corrected chi connectivity index (χ0v) is 10.4. The van der Waals surface area contributed by atoms with E-state index in [1.54, 1.807) is 13.0 Å². The molecule has 0 saturated carbocycles. The van der Waals surface area contributed by atoms with Crippen LogP contribution in [0.4, 0.5) is 4.39 Å². The Morgan fingerprint density at radius 2 is 2.17 bits per heavy atom. The summed E-state index contributed by atoms with van der Waals surface area (Å²) in [7, 11) is 1.36. The topological polar surface area (TPSA) is 66.8 Å². The van der Waals surface area contributed by atoms with Gasteiger partial charge in [-0.3, -0.25) is 4.79 Å². The molecule has 0 aliphatic heterocycles. The van der Waals surface area contributed by atoms with Crippen molar-refractivity contribution >= 4 is 5.97 Å². The van der Waals surface area contributed by atoms with Crippen molar-refractivity contribution in [3.8, 4) is 5.75 Å². The van der Waals surface area contributed by atoms with Crippen LogP contribution in [-0.4, -0.2) is 23.3 Å². The maximum absolute atomic E-state index is 13.4. The molecule has 0 heterocycles. The maximum Gasteiger partial charge on any atom is 0.303 e. The smallest absolute Gasteiger partial charge is 0.303 e. The van der Waals surface area contributed by atoms with Gasteiger partial charge in [-0.05, 0) is 30.0 Å². The molecule has 0 saturated heterocycles. The Hall–Kier alpha value is -1.62. The van der Waals surface area contributed by atoms with Gasteiger partial charge in [-0.2, -0.15) is 0 Å². The molecule has 0 bridgehead atoms. The average molecular weight is 256 g/mol.